The van der Waals surface area contributed by atoms with Gasteiger partial charge in [0.2, 0.25) is 5.91 Å². The zero-order chi connectivity index (χ0) is 10.6. The molecule has 76 valence electrons. The Kier molecular flexibility index (Phi) is 3.62. The van der Waals surface area contributed by atoms with Crippen molar-refractivity contribution in [3.05, 3.63) is 29.3 Å². The molecule has 0 saturated heterocycles. The first-order chi connectivity index (χ1) is 6.65. The lowest BCUT2D eigenvalue weighted by Gasteiger charge is -2.09. The summed E-state index contributed by atoms with van der Waals surface area (Å²) in [4.78, 5) is 11.2. The van der Waals surface area contributed by atoms with E-state index in [0.29, 0.717) is 0 Å². The summed E-state index contributed by atoms with van der Waals surface area (Å²) in [6, 6.07) is 5.79. The number of hydrogen-bond donors (Lipinski definition) is 3. The van der Waals surface area contributed by atoms with Crippen molar-refractivity contribution in [1.29, 1.82) is 0 Å². The minimum atomic E-state index is -0.138. The van der Waals surface area contributed by atoms with E-state index < -0.39 is 0 Å². The molecule has 4 N–H and O–H groups in total. The summed E-state index contributed by atoms with van der Waals surface area (Å²) in [6.07, 6.45) is 0. The number of aryl methyl sites for hydroxylation is 1. The SMILES string of the molecule is Cc1cccc(NC(=O)CNN)c1C. The molecule has 0 radical (unpaired) electrons. The van der Waals surface area contributed by atoms with Crippen LogP contribution < -0.4 is 16.6 Å². The van der Waals surface area contributed by atoms with E-state index in [1.807, 2.05) is 32.0 Å². The Morgan fingerprint density at radius 3 is 2.79 bits per heavy atom. The van der Waals surface area contributed by atoms with Gasteiger partial charge in [0.1, 0.15) is 0 Å². The molecule has 0 heterocycles. The number of nitrogens with two attached hydrogens (primary N) is 1. The van der Waals surface area contributed by atoms with E-state index in [2.05, 4.69) is 10.7 Å². The van der Waals surface area contributed by atoms with E-state index in [1.165, 1.54) is 0 Å². The predicted octanol–water partition coefficient (Wildman–Crippen LogP) is 0.705. The van der Waals surface area contributed by atoms with Crippen LogP contribution >= 0.6 is 0 Å². The van der Waals surface area contributed by atoms with E-state index in [0.717, 1.165) is 16.8 Å². The summed E-state index contributed by atoms with van der Waals surface area (Å²) in [7, 11) is 0. The van der Waals surface area contributed by atoms with Gasteiger partial charge in [-0.25, -0.2) is 0 Å². The van der Waals surface area contributed by atoms with Crippen molar-refractivity contribution in [3.8, 4) is 0 Å². The molecule has 0 unspecified atom stereocenters. The summed E-state index contributed by atoms with van der Waals surface area (Å²) in [5.41, 5.74) is 5.39. The van der Waals surface area contributed by atoms with Gasteiger partial charge in [-0.3, -0.25) is 16.1 Å². The van der Waals surface area contributed by atoms with Crippen LogP contribution in [0.25, 0.3) is 0 Å². The molecule has 0 spiro atoms. The third-order valence-corrected chi connectivity index (χ3v) is 2.14. The minimum Gasteiger partial charge on any atom is -0.325 e. The Hall–Kier alpha value is -1.39. The highest BCUT2D eigenvalue weighted by Gasteiger charge is 2.04. The van der Waals surface area contributed by atoms with Gasteiger partial charge in [0, 0.05) is 5.69 Å². The van der Waals surface area contributed by atoms with Crippen LogP contribution in [0.3, 0.4) is 0 Å². The van der Waals surface area contributed by atoms with Crippen LogP contribution in [0.1, 0.15) is 11.1 Å². The van der Waals surface area contributed by atoms with Gasteiger partial charge < -0.3 is 5.32 Å². The van der Waals surface area contributed by atoms with E-state index in [-0.39, 0.29) is 12.5 Å². The summed E-state index contributed by atoms with van der Waals surface area (Å²) in [5, 5.41) is 2.77. The van der Waals surface area contributed by atoms with Gasteiger partial charge in [-0.1, -0.05) is 12.1 Å². The van der Waals surface area contributed by atoms with Crippen LogP contribution in [0.4, 0.5) is 5.69 Å². The molecule has 1 rings (SSSR count). The van der Waals surface area contributed by atoms with Gasteiger partial charge in [0.05, 0.1) is 6.54 Å². The van der Waals surface area contributed by atoms with Crippen LogP contribution in [0, 0.1) is 13.8 Å². The number of anilines is 1. The summed E-state index contributed by atoms with van der Waals surface area (Å²) >= 11 is 0. The summed E-state index contributed by atoms with van der Waals surface area (Å²) in [6.45, 7) is 4.10. The molecule has 0 fully saturated rings. The quantitative estimate of drug-likeness (QED) is 0.489. The maximum atomic E-state index is 11.2. The second kappa shape index (κ2) is 4.74. The zero-order valence-electron chi connectivity index (χ0n) is 8.42. The Morgan fingerprint density at radius 1 is 1.43 bits per heavy atom. The second-order valence-corrected chi connectivity index (χ2v) is 3.18. The maximum absolute atomic E-state index is 11.2. The standard InChI is InChI=1S/C10H15N3O/c1-7-4-3-5-9(8(7)2)13-10(14)6-12-11/h3-5,12H,6,11H2,1-2H3,(H,13,14). The van der Waals surface area contributed by atoms with Crippen molar-refractivity contribution in [2.45, 2.75) is 13.8 Å². The second-order valence-electron chi connectivity index (χ2n) is 3.18. The molecule has 0 aromatic heterocycles. The van der Waals surface area contributed by atoms with Crippen LogP contribution in [0.15, 0.2) is 18.2 Å². The monoisotopic (exact) mass is 193 g/mol. The fraction of sp³-hybridized carbons (Fsp3) is 0.300. The van der Waals surface area contributed by atoms with Crippen molar-refractivity contribution in [2.75, 3.05) is 11.9 Å². The molecule has 0 aliphatic carbocycles. The molecule has 0 aliphatic rings. The third-order valence-electron chi connectivity index (χ3n) is 2.14. The number of carbonyl (C=O) groups excluding carboxylic acids is 1. The van der Waals surface area contributed by atoms with Gasteiger partial charge in [0.25, 0.3) is 0 Å². The van der Waals surface area contributed by atoms with E-state index in [1.54, 1.807) is 0 Å². The van der Waals surface area contributed by atoms with Gasteiger partial charge >= 0.3 is 0 Å². The molecule has 0 aliphatic heterocycles. The normalized spacial score (nSPS) is 9.93. The molecule has 14 heavy (non-hydrogen) atoms. The maximum Gasteiger partial charge on any atom is 0.239 e. The van der Waals surface area contributed by atoms with Crippen LogP contribution in [0.2, 0.25) is 0 Å². The van der Waals surface area contributed by atoms with Gasteiger partial charge in [-0.2, -0.15) is 0 Å². The number of hydrogen-bond acceptors (Lipinski definition) is 3. The summed E-state index contributed by atoms with van der Waals surface area (Å²) in [5.74, 6) is 4.90. The largest absolute Gasteiger partial charge is 0.325 e. The smallest absolute Gasteiger partial charge is 0.239 e. The molecule has 1 aromatic rings. The fourth-order valence-electron chi connectivity index (χ4n) is 1.17. The van der Waals surface area contributed by atoms with E-state index in [9.17, 15) is 4.79 Å². The van der Waals surface area contributed by atoms with Gasteiger partial charge in [-0.05, 0) is 31.0 Å². The lowest BCUT2D eigenvalue weighted by atomic mass is 10.1. The zero-order valence-corrected chi connectivity index (χ0v) is 8.42. The lowest BCUT2D eigenvalue weighted by molar-refractivity contribution is -0.115. The molecular weight excluding hydrogens is 178 g/mol. The highest BCUT2D eigenvalue weighted by Crippen LogP contribution is 2.17. The summed E-state index contributed by atoms with van der Waals surface area (Å²) < 4.78 is 0. The Morgan fingerprint density at radius 2 is 2.14 bits per heavy atom. The number of benzene rings is 1. The number of hydrazine groups is 1. The van der Waals surface area contributed by atoms with Crippen molar-refractivity contribution in [3.63, 3.8) is 0 Å². The number of amides is 1. The number of rotatable bonds is 3. The lowest BCUT2D eigenvalue weighted by Crippen LogP contribution is -2.32. The molecule has 1 aromatic carbocycles. The van der Waals surface area contributed by atoms with Crippen molar-refractivity contribution < 1.29 is 4.79 Å². The highest BCUT2D eigenvalue weighted by atomic mass is 16.2. The average Bonchev–Trinajstić information content (AvgIpc) is 2.13. The molecule has 0 bridgehead atoms. The minimum absolute atomic E-state index is 0.118. The molecule has 4 nitrogen and oxygen atoms in total. The van der Waals surface area contributed by atoms with Crippen LogP contribution in [-0.4, -0.2) is 12.5 Å². The van der Waals surface area contributed by atoms with E-state index >= 15 is 0 Å². The molecule has 0 saturated carbocycles. The molecule has 1 amide bonds. The third kappa shape index (κ3) is 2.55. The fourth-order valence-corrected chi connectivity index (χ4v) is 1.17. The Bertz CT molecular complexity index is 336. The highest BCUT2D eigenvalue weighted by molar-refractivity contribution is 5.93. The van der Waals surface area contributed by atoms with Crippen molar-refractivity contribution in [1.82, 2.24) is 5.43 Å². The predicted molar refractivity (Wildman–Crippen MR) is 56.7 cm³/mol. The number of carbonyl (C=O) groups is 1. The molecule has 4 heteroatoms. The average molecular weight is 193 g/mol. The van der Waals surface area contributed by atoms with E-state index in [4.69, 9.17) is 5.84 Å². The first kappa shape index (κ1) is 10.7. The first-order valence-corrected chi connectivity index (χ1v) is 4.44. The number of nitrogens with one attached hydrogen (secondary N) is 2. The topological polar surface area (TPSA) is 67.2 Å². The van der Waals surface area contributed by atoms with Crippen LogP contribution in [0.5, 0.6) is 0 Å². The molecular formula is C10H15N3O. The molecule has 0 atom stereocenters. The van der Waals surface area contributed by atoms with Gasteiger partial charge in [0.15, 0.2) is 0 Å². The van der Waals surface area contributed by atoms with Crippen molar-refractivity contribution in [2.24, 2.45) is 5.84 Å². The Labute approximate surface area is 83.5 Å². The van der Waals surface area contributed by atoms with Crippen molar-refractivity contribution >= 4 is 11.6 Å². The van der Waals surface area contributed by atoms with Crippen LogP contribution in [-0.2, 0) is 4.79 Å². The van der Waals surface area contributed by atoms with Gasteiger partial charge in [-0.15, -0.1) is 0 Å². The first-order valence-electron chi connectivity index (χ1n) is 4.44. The Balaban J connectivity index is 2.76.